The molecule has 5 N–H and O–H groups in total. The van der Waals surface area contributed by atoms with Gasteiger partial charge in [0.1, 0.15) is 12.6 Å². The third-order valence-corrected chi connectivity index (χ3v) is 5.64. The minimum atomic E-state index is -1.56. The number of amides is 4. The Bertz CT molecular complexity index is 861. The molecule has 0 aromatic heterocycles. The maximum atomic E-state index is 13.2. The summed E-state index contributed by atoms with van der Waals surface area (Å²) in [5, 5.41) is 21.4. The molecular weight excluding hydrogens is 452 g/mol. The van der Waals surface area contributed by atoms with Crippen LogP contribution in [0, 0.1) is 11.8 Å². The summed E-state index contributed by atoms with van der Waals surface area (Å²) in [6, 6.07) is 6.99. The first-order chi connectivity index (χ1) is 16.6. The van der Waals surface area contributed by atoms with E-state index in [-0.39, 0.29) is 30.9 Å². The summed E-state index contributed by atoms with van der Waals surface area (Å²) in [7, 11) is 0. The molecule has 0 aliphatic carbocycles. The molecular formula is C25H38N4O6. The number of ether oxygens (including phenoxy) is 1. The molecule has 2 rings (SSSR count). The van der Waals surface area contributed by atoms with Crippen molar-refractivity contribution in [2.24, 2.45) is 11.8 Å². The van der Waals surface area contributed by atoms with E-state index in [1.54, 1.807) is 13.8 Å². The van der Waals surface area contributed by atoms with Crippen LogP contribution >= 0.6 is 0 Å². The highest BCUT2D eigenvalue weighted by Crippen LogP contribution is 2.19. The second-order valence-corrected chi connectivity index (χ2v) is 9.62. The lowest BCUT2D eigenvalue weighted by Gasteiger charge is -2.28. The molecule has 10 heteroatoms. The fourth-order valence-electron chi connectivity index (χ4n) is 3.89. The number of aliphatic hydroxyl groups is 1. The maximum absolute atomic E-state index is 13.2. The molecule has 4 amide bonds. The van der Waals surface area contributed by atoms with Gasteiger partial charge in [0, 0.05) is 18.5 Å². The molecule has 10 nitrogen and oxygen atoms in total. The molecule has 1 heterocycles. The van der Waals surface area contributed by atoms with E-state index >= 15 is 0 Å². The van der Waals surface area contributed by atoms with Gasteiger partial charge in [0.05, 0.1) is 6.04 Å². The van der Waals surface area contributed by atoms with Crippen LogP contribution in [0.2, 0.25) is 0 Å². The molecule has 1 aliphatic heterocycles. The van der Waals surface area contributed by atoms with Crippen LogP contribution in [0.1, 0.15) is 52.5 Å². The third-order valence-electron chi connectivity index (χ3n) is 5.64. The predicted molar refractivity (Wildman–Crippen MR) is 130 cm³/mol. The van der Waals surface area contributed by atoms with Gasteiger partial charge in [-0.3, -0.25) is 14.4 Å². The zero-order chi connectivity index (χ0) is 26.0. The second kappa shape index (κ2) is 13.7. The Kier molecular flexibility index (Phi) is 11.0. The lowest BCUT2D eigenvalue weighted by Crippen LogP contribution is -2.57. The molecule has 1 aromatic carbocycles. The van der Waals surface area contributed by atoms with Gasteiger partial charge in [-0.2, -0.15) is 0 Å². The number of alkyl carbamates (subject to hydrolysis) is 1. The van der Waals surface area contributed by atoms with Crippen molar-refractivity contribution in [2.75, 3.05) is 6.54 Å². The average Bonchev–Trinajstić information content (AvgIpc) is 3.20. The summed E-state index contributed by atoms with van der Waals surface area (Å²) < 4.78 is 5.25. The highest BCUT2D eigenvalue weighted by Gasteiger charge is 2.36. The third kappa shape index (κ3) is 9.56. The zero-order valence-electron chi connectivity index (χ0n) is 20.9. The average molecular weight is 491 g/mol. The number of benzene rings is 1. The van der Waals surface area contributed by atoms with Gasteiger partial charge in [0.15, 0.2) is 6.10 Å². The molecule has 1 fully saturated rings. The maximum Gasteiger partial charge on any atom is 0.408 e. The molecule has 35 heavy (non-hydrogen) atoms. The van der Waals surface area contributed by atoms with E-state index in [1.165, 1.54) is 0 Å². The van der Waals surface area contributed by atoms with Gasteiger partial charge in [0.25, 0.3) is 5.91 Å². The SMILES string of the molecule is CC(C)C[C@H](NC(=O)OCc1ccccc1)C(=O)N[C@@H](CC1CCNC1=O)C(O)C(=O)NC(C)C. The fourth-order valence-corrected chi connectivity index (χ4v) is 3.89. The molecule has 2 unspecified atom stereocenters. The fraction of sp³-hybridized carbons (Fsp3) is 0.600. The lowest BCUT2D eigenvalue weighted by atomic mass is 9.93. The number of aliphatic hydroxyl groups excluding tert-OH is 1. The first kappa shape index (κ1) is 28.1. The van der Waals surface area contributed by atoms with E-state index in [0.29, 0.717) is 19.4 Å². The molecule has 4 atom stereocenters. The van der Waals surface area contributed by atoms with Crippen LogP contribution in [0.15, 0.2) is 30.3 Å². The summed E-state index contributed by atoms with van der Waals surface area (Å²) in [5.74, 6) is -1.75. The smallest absolute Gasteiger partial charge is 0.408 e. The minimum Gasteiger partial charge on any atom is -0.445 e. The summed E-state index contributed by atoms with van der Waals surface area (Å²) >= 11 is 0. The first-order valence-electron chi connectivity index (χ1n) is 12.1. The number of carbonyl (C=O) groups is 4. The molecule has 1 aliphatic rings. The van der Waals surface area contributed by atoms with Crippen molar-refractivity contribution in [1.29, 1.82) is 0 Å². The Morgan fingerprint density at radius 3 is 2.31 bits per heavy atom. The first-order valence-corrected chi connectivity index (χ1v) is 12.1. The van der Waals surface area contributed by atoms with E-state index in [1.807, 2.05) is 44.2 Å². The monoisotopic (exact) mass is 490 g/mol. The summed E-state index contributed by atoms with van der Waals surface area (Å²) in [6.07, 6.45) is -1.35. The normalized spacial score (nSPS) is 17.9. The van der Waals surface area contributed by atoms with Gasteiger partial charge >= 0.3 is 6.09 Å². The zero-order valence-corrected chi connectivity index (χ0v) is 20.9. The van der Waals surface area contributed by atoms with Crippen molar-refractivity contribution in [3.05, 3.63) is 35.9 Å². The van der Waals surface area contributed by atoms with Gasteiger partial charge in [-0.25, -0.2) is 4.79 Å². The van der Waals surface area contributed by atoms with Crippen LogP contribution in [-0.4, -0.2) is 59.7 Å². The van der Waals surface area contributed by atoms with Gasteiger partial charge in [-0.15, -0.1) is 0 Å². The topological polar surface area (TPSA) is 146 Å². The number of hydrogen-bond acceptors (Lipinski definition) is 6. The minimum absolute atomic E-state index is 0.0518. The summed E-state index contributed by atoms with van der Waals surface area (Å²) in [5.41, 5.74) is 0.807. The van der Waals surface area contributed by atoms with Crippen molar-refractivity contribution in [1.82, 2.24) is 21.3 Å². The molecule has 194 valence electrons. The van der Waals surface area contributed by atoms with Crippen LogP contribution in [-0.2, 0) is 25.7 Å². The molecule has 0 spiro atoms. The van der Waals surface area contributed by atoms with E-state index in [9.17, 15) is 24.3 Å². The Hall–Kier alpha value is -3.14. The summed E-state index contributed by atoms with van der Waals surface area (Å²) in [6.45, 7) is 7.88. The van der Waals surface area contributed by atoms with Gasteiger partial charge in [0.2, 0.25) is 11.8 Å². The quantitative estimate of drug-likeness (QED) is 0.298. The van der Waals surface area contributed by atoms with Gasteiger partial charge in [-0.05, 0) is 44.6 Å². The van der Waals surface area contributed by atoms with Crippen molar-refractivity contribution in [2.45, 2.75) is 77.8 Å². The number of carbonyl (C=O) groups excluding carboxylic acids is 4. The molecule has 0 bridgehead atoms. The van der Waals surface area contributed by atoms with E-state index in [0.717, 1.165) is 5.56 Å². The predicted octanol–water partition coefficient (Wildman–Crippen LogP) is 1.22. The number of nitrogens with one attached hydrogen (secondary N) is 4. The van der Waals surface area contributed by atoms with Crippen molar-refractivity contribution in [3.8, 4) is 0 Å². The van der Waals surface area contributed by atoms with Crippen LogP contribution in [0.4, 0.5) is 4.79 Å². The highest BCUT2D eigenvalue weighted by atomic mass is 16.5. The van der Waals surface area contributed by atoms with Crippen molar-refractivity contribution < 1.29 is 29.0 Å². The molecule has 0 radical (unpaired) electrons. The molecule has 0 saturated carbocycles. The van der Waals surface area contributed by atoms with Crippen LogP contribution < -0.4 is 21.3 Å². The number of rotatable bonds is 12. The van der Waals surface area contributed by atoms with Crippen LogP contribution in [0.3, 0.4) is 0 Å². The van der Waals surface area contributed by atoms with E-state index in [2.05, 4.69) is 21.3 Å². The van der Waals surface area contributed by atoms with Crippen molar-refractivity contribution in [3.63, 3.8) is 0 Å². The molecule has 1 saturated heterocycles. The van der Waals surface area contributed by atoms with E-state index in [4.69, 9.17) is 4.74 Å². The van der Waals surface area contributed by atoms with E-state index < -0.39 is 42.0 Å². The second-order valence-electron chi connectivity index (χ2n) is 9.62. The largest absolute Gasteiger partial charge is 0.445 e. The Labute approximate surface area is 206 Å². The van der Waals surface area contributed by atoms with Crippen LogP contribution in [0.5, 0.6) is 0 Å². The number of hydrogen-bond donors (Lipinski definition) is 5. The van der Waals surface area contributed by atoms with Crippen LogP contribution in [0.25, 0.3) is 0 Å². The Morgan fingerprint density at radius 2 is 1.74 bits per heavy atom. The Balaban J connectivity index is 2.08. The highest BCUT2D eigenvalue weighted by molar-refractivity contribution is 5.88. The van der Waals surface area contributed by atoms with Crippen molar-refractivity contribution >= 4 is 23.8 Å². The van der Waals surface area contributed by atoms with Gasteiger partial charge in [-0.1, -0.05) is 44.2 Å². The Morgan fingerprint density at radius 1 is 1.06 bits per heavy atom. The lowest BCUT2D eigenvalue weighted by molar-refractivity contribution is -0.134. The summed E-state index contributed by atoms with van der Waals surface area (Å²) in [4.78, 5) is 50.2. The van der Waals surface area contributed by atoms with Gasteiger partial charge < -0.3 is 31.1 Å². The molecule has 1 aromatic rings. The standard InChI is InChI=1S/C25H38N4O6/c1-15(2)12-20(29-25(34)35-14-17-8-6-5-7-9-17)23(32)28-19(13-18-10-11-26-22(18)31)21(30)24(33)27-16(3)4/h5-9,15-16,18-21,30H,10-14H2,1-4H3,(H,26,31)(H,27,33)(H,28,32)(H,29,34)/t18?,19-,20-,21?/m0/s1.